The van der Waals surface area contributed by atoms with Crippen molar-refractivity contribution in [2.45, 2.75) is 31.5 Å². The Bertz CT molecular complexity index is 970. The first-order chi connectivity index (χ1) is 13.9. The number of carboxylic acids is 1. The fraction of sp³-hybridized carbons (Fsp3) is 0.250. The van der Waals surface area contributed by atoms with Crippen molar-refractivity contribution in [3.63, 3.8) is 0 Å². The molecule has 1 unspecified atom stereocenters. The molecule has 0 amide bonds. The van der Waals surface area contributed by atoms with Crippen LogP contribution in [-0.4, -0.2) is 24.6 Å². The number of hydrogen-bond donors (Lipinski definition) is 0. The molecule has 2 aromatic rings. The standard InChI is InChI=1S/C20H14F6O4.Na/c21-19(22,23)17-15(18(27)28)10-13-9-14(30-20(24,25)26)8-12(16(13)29-17)7-6-11-4-2-1-3-5-11;/h1-5,8-10,17H,6-7H2,(H,27,28);/q;+1/p-1. The summed E-state index contributed by atoms with van der Waals surface area (Å²) in [6.45, 7) is 0. The zero-order valence-electron chi connectivity index (χ0n) is 16.0. The minimum Gasteiger partial charge on any atom is -0.545 e. The van der Waals surface area contributed by atoms with Crippen molar-refractivity contribution in [3.8, 4) is 11.5 Å². The predicted molar refractivity (Wildman–Crippen MR) is 90.4 cm³/mol. The van der Waals surface area contributed by atoms with Crippen molar-refractivity contribution >= 4 is 12.0 Å². The smallest absolute Gasteiger partial charge is 0.545 e. The second-order valence-electron chi connectivity index (χ2n) is 6.46. The van der Waals surface area contributed by atoms with Crippen molar-refractivity contribution in [3.05, 3.63) is 64.7 Å². The van der Waals surface area contributed by atoms with Gasteiger partial charge >= 0.3 is 42.1 Å². The summed E-state index contributed by atoms with van der Waals surface area (Å²) in [5.74, 6) is -3.20. The molecule has 0 bridgehead atoms. The number of aliphatic carboxylic acids is 1. The monoisotopic (exact) mass is 454 g/mol. The van der Waals surface area contributed by atoms with Gasteiger partial charge in [-0.1, -0.05) is 30.3 Å². The largest absolute Gasteiger partial charge is 1.00 e. The molecule has 0 aliphatic carbocycles. The summed E-state index contributed by atoms with van der Waals surface area (Å²) >= 11 is 0. The van der Waals surface area contributed by atoms with Gasteiger partial charge in [-0.05, 0) is 42.2 Å². The third-order valence-corrected chi connectivity index (χ3v) is 4.29. The Balaban J connectivity index is 0.00000341. The van der Waals surface area contributed by atoms with Crippen molar-refractivity contribution in [2.24, 2.45) is 0 Å². The molecule has 1 atom stereocenters. The molecule has 0 N–H and O–H groups in total. The molecular weight excluding hydrogens is 441 g/mol. The molecule has 160 valence electrons. The minimum absolute atomic E-state index is 0. The van der Waals surface area contributed by atoms with Gasteiger partial charge in [0, 0.05) is 11.1 Å². The van der Waals surface area contributed by atoms with Crippen LogP contribution in [0.5, 0.6) is 11.5 Å². The number of hydrogen-bond acceptors (Lipinski definition) is 4. The first-order valence-corrected chi connectivity index (χ1v) is 8.57. The van der Waals surface area contributed by atoms with Crippen LogP contribution in [0.4, 0.5) is 26.3 Å². The molecular formula is C20H13F6NaO4. The fourth-order valence-corrected chi connectivity index (χ4v) is 3.07. The molecule has 2 aromatic carbocycles. The number of halogens is 6. The number of carbonyl (C=O) groups excluding carboxylic acids is 1. The van der Waals surface area contributed by atoms with Gasteiger partial charge in [0.25, 0.3) is 0 Å². The predicted octanol–water partition coefficient (Wildman–Crippen LogP) is 0.831. The van der Waals surface area contributed by atoms with Crippen LogP contribution in [0.25, 0.3) is 6.08 Å². The summed E-state index contributed by atoms with van der Waals surface area (Å²) in [7, 11) is 0. The Morgan fingerprint density at radius 2 is 1.68 bits per heavy atom. The van der Waals surface area contributed by atoms with E-state index in [2.05, 4.69) is 4.74 Å². The van der Waals surface area contributed by atoms with E-state index >= 15 is 0 Å². The molecule has 1 aliphatic heterocycles. The Labute approximate surface area is 194 Å². The first-order valence-electron chi connectivity index (χ1n) is 8.57. The third kappa shape index (κ3) is 6.41. The van der Waals surface area contributed by atoms with E-state index in [0.717, 1.165) is 17.7 Å². The molecule has 0 radical (unpaired) electrons. The second-order valence-corrected chi connectivity index (χ2v) is 6.46. The van der Waals surface area contributed by atoms with Crippen LogP contribution in [0.15, 0.2) is 48.0 Å². The Hall–Kier alpha value is -2.17. The van der Waals surface area contributed by atoms with Crippen molar-refractivity contribution in [1.29, 1.82) is 0 Å². The van der Waals surface area contributed by atoms with Gasteiger partial charge in [0.1, 0.15) is 11.5 Å². The maximum Gasteiger partial charge on any atom is 1.00 e. The molecule has 0 fully saturated rings. The van der Waals surface area contributed by atoms with Gasteiger partial charge in [-0.3, -0.25) is 0 Å². The van der Waals surface area contributed by atoms with Crippen molar-refractivity contribution in [1.82, 2.24) is 0 Å². The summed E-state index contributed by atoms with van der Waals surface area (Å²) in [5, 5.41) is 11.2. The van der Waals surface area contributed by atoms with Crippen LogP contribution >= 0.6 is 0 Å². The molecule has 0 spiro atoms. The number of benzene rings is 2. The van der Waals surface area contributed by atoms with Gasteiger partial charge < -0.3 is 19.4 Å². The molecule has 3 rings (SSSR count). The van der Waals surface area contributed by atoms with Gasteiger partial charge in [0.15, 0.2) is 0 Å². The maximum atomic E-state index is 13.3. The summed E-state index contributed by atoms with van der Waals surface area (Å²) < 4.78 is 86.7. The fourth-order valence-electron chi connectivity index (χ4n) is 3.07. The van der Waals surface area contributed by atoms with Gasteiger partial charge in [0.2, 0.25) is 6.10 Å². The summed E-state index contributed by atoms with van der Waals surface area (Å²) in [6, 6.07) is 10.4. The molecule has 1 aliphatic rings. The van der Waals surface area contributed by atoms with E-state index in [1.165, 1.54) is 0 Å². The Kier molecular flexibility index (Phi) is 7.72. The van der Waals surface area contributed by atoms with E-state index in [0.29, 0.717) is 12.5 Å². The van der Waals surface area contributed by atoms with E-state index in [4.69, 9.17) is 4.74 Å². The minimum atomic E-state index is -5.07. The number of fused-ring (bicyclic) bond motifs is 1. The molecule has 4 nitrogen and oxygen atoms in total. The van der Waals surface area contributed by atoms with Gasteiger partial charge in [-0.15, -0.1) is 13.2 Å². The zero-order valence-corrected chi connectivity index (χ0v) is 18.0. The van der Waals surface area contributed by atoms with Crippen LogP contribution < -0.4 is 44.1 Å². The van der Waals surface area contributed by atoms with Crippen molar-refractivity contribution in [2.75, 3.05) is 0 Å². The first kappa shape index (κ1) is 25.1. The summed E-state index contributed by atoms with van der Waals surface area (Å²) in [4.78, 5) is 11.2. The maximum absolute atomic E-state index is 13.3. The van der Waals surface area contributed by atoms with Crippen LogP contribution in [0.2, 0.25) is 0 Å². The zero-order chi connectivity index (χ0) is 22.1. The molecule has 11 heteroatoms. The van der Waals surface area contributed by atoms with Crippen LogP contribution in [0.3, 0.4) is 0 Å². The number of alkyl halides is 6. The number of ether oxygens (including phenoxy) is 2. The quantitative estimate of drug-likeness (QED) is 0.497. The average molecular weight is 454 g/mol. The third-order valence-electron chi connectivity index (χ3n) is 4.29. The molecule has 0 aromatic heterocycles. The summed E-state index contributed by atoms with van der Waals surface area (Å²) in [6.07, 6.45) is -12.0. The van der Waals surface area contributed by atoms with Crippen LogP contribution in [-0.2, 0) is 17.6 Å². The van der Waals surface area contributed by atoms with Crippen LogP contribution in [0.1, 0.15) is 16.7 Å². The number of aryl methyl sites for hydroxylation is 2. The van der Waals surface area contributed by atoms with Crippen molar-refractivity contribution < 1.29 is 75.3 Å². The van der Waals surface area contributed by atoms with E-state index in [1.807, 2.05) is 0 Å². The van der Waals surface area contributed by atoms with E-state index in [-0.39, 0.29) is 52.9 Å². The van der Waals surface area contributed by atoms with Gasteiger partial charge in [-0.25, -0.2) is 0 Å². The second kappa shape index (κ2) is 9.54. The van der Waals surface area contributed by atoms with E-state index in [1.54, 1.807) is 30.3 Å². The molecule has 31 heavy (non-hydrogen) atoms. The number of carboxylic acid groups (broad SMARTS) is 1. The Morgan fingerprint density at radius 1 is 1.03 bits per heavy atom. The summed E-state index contributed by atoms with van der Waals surface area (Å²) in [5.41, 5.74) is -0.714. The molecule has 1 heterocycles. The van der Waals surface area contributed by atoms with Gasteiger partial charge in [0.05, 0.1) is 5.97 Å². The van der Waals surface area contributed by atoms with Crippen LogP contribution in [0, 0.1) is 0 Å². The topological polar surface area (TPSA) is 58.6 Å². The number of rotatable bonds is 5. The molecule has 0 saturated heterocycles. The van der Waals surface area contributed by atoms with E-state index < -0.39 is 35.9 Å². The number of carbonyl (C=O) groups is 1. The normalized spacial score (nSPS) is 15.8. The van der Waals surface area contributed by atoms with Gasteiger partial charge in [-0.2, -0.15) is 13.2 Å². The molecule has 0 saturated carbocycles. The Morgan fingerprint density at radius 3 is 2.23 bits per heavy atom. The SMILES string of the molecule is O=C([O-])C1=Cc2cc(OC(F)(F)F)cc(CCc3ccccc3)c2OC1C(F)(F)F.[Na+]. The van der Waals surface area contributed by atoms with E-state index in [9.17, 15) is 36.2 Å². The average Bonchev–Trinajstić information content (AvgIpc) is 2.63.